The van der Waals surface area contributed by atoms with E-state index in [9.17, 15) is 4.79 Å². The van der Waals surface area contributed by atoms with Gasteiger partial charge in [-0.15, -0.1) is 0 Å². The van der Waals surface area contributed by atoms with Crippen LogP contribution in [0.15, 0.2) is 18.2 Å². The number of hydrogen-bond acceptors (Lipinski definition) is 3. The van der Waals surface area contributed by atoms with Crippen molar-refractivity contribution < 1.29 is 9.53 Å². The van der Waals surface area contributed by atoms with Gasteiger partial charge in [0.2, 0.25) is 0 Å². The Morgan fingerprint density at radius 2 is 2.43 bits per heavy atom. The first-order valence-corrected chi connectivity index (χ1v) is 4.82. The van der Waals surface area contributed by atoms with E-state index in [0.29, 0.717) is 5.56 Å². The SMILES string of the molecule is CCN1CCOc2ccc(C=O)cc21. The van der Waals surface area contributed by atoms with E-state index in [2.05, 4.69) is 11.8 Å². The number of ether oxygens (including phenoxy) is 1. The highest BCUT2D eigenvalue weighted by molar-refractivity contribution is 5.79. The number of carbonyl (C=O) groups excluding carboxylic acids is 1. The van der Waals surface area contributed by atoms with Crippen molar-refractivity contribution in [2.75, 3.05) is 24.6 Å². The van der Waals surface area contributed by atoms with Crippen molar-refractivity contribution >= 4 is 12.0 Å². The summed E-state index contributed by atoms with van der Waals surface area (Å²) in [4.78, 5) is 12.8. The highest BCUT2D eigenvalue weighted by atomic mass is 16.5. The average molecular weight is 191 g/mol. The van der Waals surface area contributed by atoms with Crippen molar-refractivity contribution in [3.8, 4) is 5.75 Å². The quantitative estimate of drug-likeness (QED) is 0.666. The average Bonchev–Trinajstić information content (AvgIpc) is 2.27. The number of carbonyl (C=O) groups is 1. The highest BCUT2D eigenvalue weighted by Crippen LogP contribution is 2.31. The van der Waals surface area contributed by atoms with Gasteiger partial charge in [0.1, 0.15) is 18.6 Å². The lowest BCUT2D eigenvalue weighted by Gasteiger charge is -2.30. The molecule has 0 aromatic heterocycles. The van der Waals surface area contributed by atoms with Crippen LogP contribution in [-0.2, 0) is 0 Å². The third kappa shape index (κ3) is 1.45. The number of aldehydes is 1. The monoisotopic (exact) mass is 191 g/mol. The fourth-order valence-electron chi connectivity index (χ4n) is 1.69. The van der Waals surface area contributed by atoms with Crippen molar-refractivity contribution in [2.45, 2.75) is 6.92 Å². The van der Waals surface area contributed by atoms with E-state index >= 15 is 0 Å². The van der Waals surface area contributed by atoms with E-state index in [1.54, 1.807) is 6.07 Å². The van der Waals surface area contributed by atoms with Crippen molar-refractivity contribution in [3.05, 3.63) is 23.8 Å². The van der Waals surface area contributed by atoms with E-state index in [1.807, 2.05) is 12.1 Å². The Hall–Kier alpha value is -1.51. The summed E-state index contributed by atoms with van der Waals surface area (Å²) in [6, 6.07) is 5.52. The van der Waals surface area contributed by atoms with Gasteiger partial charge in [-0.25, -0.2) is 0 Å². The molecule has 0 unspecified atom stereocenters. The Kier molecular flexibility index (Phi) is 2.39. The zero-order valence-corrected chi connectivity index (χ0v) is 8.19. The summed E-state index contributed by atoms with van der Waals surface area (Å²) in [5.41, 5.74) is 1.73. The molecule has 0 N–H and O–H groups in total. The molecule has 1 aromatic carbocycles. The number of rotatable bonds is 2. The van der Waals surface area contributed by atoms with Gasteiger partial charge in [-0.1, -0.05) is 0 Å². The van der Waals surface area contributed by atoms with E-state index in [0.717, 1.165) is 37.4 Å². The molecule has 3 nitrogen and oxygen atoms in total. The molecule has 0 saturated carbocycles. The van der Waals surface area contributed by atoms with Gasteiger partial charge in [-0.2, -0.15) is 0 Å². The predicted octanol–water partition coefficient (Wildman–Crippen LogP) is 1.72. The van der Waals surface area contributed by atoms with Crippen molar-refractivity contribution in [1.82, 2.24) is 0 Å². The third-order valence-corrected chi connectivity index (χ3v) is 2.46. The molecule has 0 atom stereocenters. The van der Waals surface area contributed by atoms with E-state index < -0.39 is 0 Å². The molecule has 0 saturated heterocycles. The third-order valence-electron chi connectivity index (χ3n) is 2.46. The molecule has 0 aliphatic carbocycles. The topological polar surface area (TPSA) is 29.5 Å². The number of benzene rings is 1. The first kappa shape index (κ1) is 9.06. The van der Waals surface area contributed by atoms with Gasteiger partial charge in [-0.05, 0) is 25.1 Å². The first-order chi connectivity index (χ1) is 6.85. The second-order valence-electron chi connectivity index (χ2n) is 3.27. The molecule has 14 heavy (non-hydrogen) atoms. The fourth-order valence-corrected chi connectivity index (χ4v) is 1.69. The lowest BCUT2D eigenvalue weighted by molar-refractivity contribution is 0.112. The predicted molar refractivity (Wildman–Crippen MR) is 55.2 cm³/mol. The minimum absolute atomic E-state index is 0.702. The zero-order chi connectivity index (χ0) is 9.97. The molecule has 0 amide bonds. The second-order valence-corrected chi connectivity index (χ2v) is 3.27. The van der Waals surface area contributed by atoms with Crippen LogP contribution in [0.5, 0.6) is 5.75 Å². The molecular weight excluding hydrogens is 178 g/mol. The van der Waals surface area contributed by atoms with Crippen LogP contribution in [0.3, 0.4) is 0 Å². The Morgan fingerprint density at radius 1 is 1.57 bits per heavy atom. The Bertz CT molecular complexity index is 349. The van der Waals surface area contributed by atoms with Crippen molar-refractivity contribution in [3.63, 3.8) is 0 Å². The number of anilines is 1. The first-order valence-electron chi connectivity index (χ1n) is 4.82. The molecule has 1 aliphatic heterocycles. The fraction of sp³-hybridized carbons (Fsp3) is 0.364. The lowest BCUT2D eigenvalue weighted by Crippen LogP contribution is -2.32. The van der Waals surface area contributed by atoms with Crippen LogP contribution in [0.2, 0.25) is 0 Å². The Labute approximate surface area is 83.3 Å². The van der Waals surface area contributed by atoms with Crippen LogP contribution < -0.4 is 9.64 Å². The van der Waals surface area contributed by atoms with Gasteiger partial charge in [0.25, 0.3) is 0 Å². The molecule has 0 bridgehead atoms. The van der Waals surface area contributed by atoms with Crippen molar-refractivity contribution in [2.24, 2.45) is 0 Å². The summed E-state index contributed by atoms with van der Waals surface area (Å²) >= 11 is 0. The summed E-state index contributed by atoms with van der Waals surface area (Å²) in [5.74, 6) is 0.878. The largest absolute Gasteiger partial charge is 0.490 e. The van der Waals surface area contributed by atoms with Crippen LogP contribution in [0.25, 0.3) is 0 Å². The normalized spacial score (nSPS) is 14.5. The van der Waals surface area contributed by atoms with Crippen LogP contribution in [0, 0.1) is 0 Å². The maximum Gasteiger partial charge on any atom is 0.150 e. The van der Waals surface area contributed by atoms with Crippen molar-refractivity contribution in [1.29, 1.82) is 0 Å². The minimum atomic E-state index is 0.702. The van der Waals surface area contributed by atoms with Crippen LogP contribution in [-0.4, -0.2) is 26.0 Å². The summed E-state index contributed by atoms with van der Waals surface area (Å²) in [7, 11) is 0. The second kappa shape index (κ2) is 3.70. The summed E-state index contributed by atoms with van der Waals surface area (Å²) < 4.78 is 5.50. The smallest absolute Gasteiger partial charge is 0.150 e. The molecule has 74 valence electrons. The number of fused-ring (bicyclic) bond motifs is 1. The van der Waals surface area contributed by atoms with Gasteiger partial charge in [0.05, 0.1) is 12.2 Å². The molecule has 2 rings (SSSR count). The van der Waals surface area contributed by atoms with E-state index in [1.165, 1.54) is 0 Å². The number of nitrogens with zero attached hydrogens (tertiary/aromatic N) is 1. The summed E-state index contributed by atoms with van der Waals surface area (Å²) in [5, 5.41) is 0. The molecule has 1 aromatic rings. The molecular formula is C11H13NO2. The Morgan fingerprint density at radius 3 is 3.14 bits per heavy atom. The van der Waals surface area contributed by atoms with Crippen LogP contribution in [0.1, 0.15) is 17.3 Å². The molecule has 1 aliphatic rings. The van der Waals surface area contributed by atoms with Gasteiger partial charge in [0, 0.05) is 12.1 Å². The molecule has 0 radical (unpaired) electrons. The van der Waals surface area contributed by atoms with Gasteiger partial charge >= 0.3 is 0 Å². The van der Waals surface area contributed by atoms with Gasteiger partial charge in [0.15, 0.2) is 0 Å². The zero-order valence-electron chi connectivity index (χ0n) is 8.19. The molecule has 0 spiro atoms. The number of hydrogen-bond donors (Lipinski definition) is 0. The van der Waals surface area contributed by atoms with E-state index in [4.69, 9.17) is 4.74 Å². The molecule has 0 fully saturated rings. The maximum absolute atomic E-state index is 10.6. The maximum atomic E-state index is 10.6. The summed E-state index contributed by atoms with van der Waals surface area (Å²) in [6.45, 7) is 4.66. The standard InChI is InChI=1S/C11H13NO2/c1-2-12-5-6-14-11-4-3-9(8-13)7-10(11)12/h3-4,7-8H,2,5-6H2,1H3. The highest BCUT2D eigenvalue weighted by Gasteiger charge is 2.16. The Balaban J connectivity index is 2.42. The summed E-state index contributed by atoms with van der Waals surface area (Å²) in [6.07, 6.45) is 0.864. The van der Waals surface area contributed by atoms with E-state index in [-0.39, 0.29) is 0 Å². The molecule has 1 heterocycles. The van der Waals surface area contributed by atoms with Gasteiger partial charge in [-0.3, -0.25) is 4.79 Å². The molecule has 3 heteroatoms. The number of likely N-dealkylation sites (N-methyl/N-ethyl adjacent to an activating group) is 1. The van der Waals surface area contributed by atoms with Gasteiger partial charge < -0.3 is 9.64 Å². The van der Waals surface area contributed by atoms with Crippen LogP contribution in [0.4, 0.5) is 5.69 Å². The lowest BCUT2D eigenvalue weighted by atomic mass is 10.1. The van der Waals surface area contributed by atoms with Crippen LogP contribution >= 0.6 is 0 Å². The minimum Gasteiger partial charge on any atom is -0.490 e.